The van der Waals surface area contributed by atoms with Gasteiger partial charge >= 0.3 is 5.97 Å². The Morgan fingerprint density at radius 2 is 2.06 bits per heavy atom. The summed E-state index contributed by atoms with van der Waals surface area (Å²) in [7, 11) is 1.50. The highest BCUT2D eigenvalue weighted by Gasteiger charge is 2.31. The van der Waals surface area contributed by atoms with Crippen LogP contribution in [0.5, 0.6) is 0 Å². The van der Waals surface area contributed by atoms with E-state index in [9.17, 15) is 4.79 Å². The van der Waals surface area contributed by atoms with Gasteiger partial charge < -0.3 is 15.4 Å². The van der Waals surface area contributed by atoms with E-state index in [0.29, 0.717) is 12.0 Å². The summed E-state index contributed by atoms with van der Waals surface area (Å²) in [4.78, 5) is 11.8. The molecule has 0 amide bonds. The van der Waals surface area contributed by atoms with Crippen molar-refractivity contribution in [2.24, 2.45) is 11.8 Å². The highest BCUT2D eigenvalue weighted by Crippen LogP contribution is 2.24. The van der Waals surface area contributed by atoms with Gasteiger partial charge in [-0.25, -0.2) is 0 Å². The number of methoxy groups -OCH3 is 1. The second kappa shape index (κ2) is 6.36. The molecule has 1 saturated carbocycles. The zero-order valence-electron chi connectivity index (χ0n) is 10.7. The first-order valence-corrected chi connectivity index (χ1v) is 6.83. The predicted molar refractivity (Wildman–Crippen MR) is 66.7 cm³/mol. The third-order valence-electron chi connectivity index (χ3n) is 4.19. The Bertz CT molecular complexity index is 248. The van der Waals surface area contributed by atoms with E-state index in [0.717, 1.165) is 32.5 Å². The highest BCUT2D eigenvalue weighted by atomic mass is 16.5. The van der Waals surface area contributed by atoms with E-state index >= 15 is 0 Å². The van der Waals surface area contributed by atoms with E-state index in [1.54, 1.807) is 0 Å². The number of carbonyl (C=O) groups excluding carboxylic acids is 1. The van der Waals surface area contributed by atoms with Crippen molar-refractivity contribution in [2.45, 2.75) is 38.1 Å². The first-order chi connectivity index (χ1) is 8.31. The third-order valence-corrected chi connectivity index (χ3v) is 4.19. The van der Waals surface area contributed by atoms with Gasteiger partial charge in [-0.05, 0) is 44.7 Å². The van der Waals surface area contributed by atoms with Gasteiger partial charge in [0.05, 0.1) is 13.0 Å². The molecule has 2 rings (SSSR count). The molecule has 2 fully saturated rings. The monoisotopic (exact) mass is 240 g/mol. The van der Waals surface area contributed by atoms with Crippen LogP contribution in [0.2, 0.25) is 0 Å². The molecule has 1 aliphatic heterocycles. The zero-order valence-corrected chi connectivity index (χ0v) is 10.7. The summed E-state index contributed by atoms with van der Waals surface area (Å²) in [6, 6.07) is 0.642. The largest absolute Gasteiger partial charge is 0.469 e. The topological polar surface area (TPSA) is 50.4 Å². The van der Waals surface area contributed by atoms with Gasteiger partial charge in [0.2, 0.25) is 0 Å². The standard InChI is InChI=1S/C13H24N2O2/c1-17-13(16)12(9-15-11-3-2-4-11)10-5-7-14-8-6-10/h10-12,14-15H,2-9H2,1H3. The maximum absolute atomic E-state index is 11.8. The molecule has 0 radical (unpaired) electrons. The van der Waals surface area contributed by atoms with Crippen LogP contribution in [0.3, 0.4) is 0 Å². The summed E-state index contributed by atoms with van der Waals surface area (Å²) in [6.45, 7) is 2.85. The number of nitrogens with one attached hydrogen (secondary N) is 2. The van der Waals surface area contributed by atoms with Gasteiger partial charge in [-0.2, -0.15) is 0 Å². The molecule has 1 heterocycles. The van der Waals surface area contributed by atoms with Crippen molar-refractivity contribution in [2.75, 3.05) is 26.7 Å². The van der Waals surface area contributed by atoms with Crippen molar-refractivity contribution in [3.63, 3.8) is 0 Å². The fourth-order valence-electron chi connectivity index (χ4n) is 2.75. The minimum atomic E-state index is -0.0382. The molecule has 2 aliphatic rings. The van der Waals surface area contributed by atoms with Crippen LogP contribution in [-0.2, 0) is 9.53 Å². The molecule has 0 aromatic heterocycles. The van der Waals surface area contributed by atoms with Crippen molar-refractivity contribution in [3.05, 3.63) is 0 Å². The fraction of sp³-hybridized carbons (Fsp3) is 0.923. The Labute approximate surface area is 103 Å². The Hall–Kier alpha value is -0.610. The molecular weight excluding hydrogens is 216 g/mol. The van der Waals surface area contributed by atoms with Crippen molar-refractivity contribution in [1.29, 1.82) is 0 Å². The molecule has 0 spiro atoms. The normalized spacial score (nSPS) is 24.1. The van der Waals surface area contributed by atoms with Crippen LogP contribution >= 0.6 is 0 Å². The van der Waals surface area contributed by atoms with Gasteiger partial charge in [0.1, 0.15) is 0 Å². The van der Waals surface area contributed by atoms with Gasteiger partial charge in [-0.15, -0.1) is 0 Å². The van der Waals surface area contributed by atoms with Gasteiger partial charge in [0, 0.05) is 12.6 Å². The summed E-state index contributed by atoms with van der Waals surface area (Å²) < 4.78 is 4.95. The molecule has 17 heavy (non-hydrogen) atoms. The van der Waals surface area contributed by atoms with Crippen molar-refractivity contribution in [3.8, 4) is 0 Å². The molecule has 1 aliphatic carbocycles. The van der Waals surface area contributed by atoms with Gasteiger partial charge in [0.15, 0.2) is 0 Å². The molecule has 1 unspecified atom stereocenters. The van der Waals surface area contributed by atoms with Crippen LogP contribution in [0, 0.1) is 11.8 Å². The van der Waals surface area contributed by atoms with Crippen LogP contribution < -0.4 is 10.6 Å². The van der Waals surface area contributed by atoms with Crippen LogP contribution in [0.25, 0.3) is 0 Å². The third kappa shape index (κ3) is 3.42. The molecule has 98 valence electrons. The molecule has 2 N–H and O–H groups in total. The molecule has 1 atom stereocenters. The zero-order chi connectivity index (χ0) is 12.1. The molecule has 4 nitrogen and oxygen atoms in total. The van der Waals surface area contributed by atoms with Crippen LogP contribution in [-0.4, -0.2) is 38.8 Å². The molecule has 0 bridgehead atoms. The van der Waals surface area contributed by atoms with Gasteiger partial charge in [-0.1, -0.05) is 6.42 Å². The first-order valence-electron chi connectivity index (χ1n) is 6.83. The molecular formula is C13H24N2O2. The summed E-state index contributed by atoms with van der Waals surface area (Å²) in [5.41, 5.74) is 0. The summed E-state index contributed by atoms with van der Waals surface area (Å²) in [5.74, 6) is 0.489. The predicted octanol–water partition coefficient (Wildman–Crippen LogP) is 0.917. The lowest BCUT2D eigenvalue weighted by atomic mass is 9.84. The number of piperidine rings is 1. The highest BCUT2D eigenvalue weighted by molar-refractivity contribution is 5.73. The van der Waals surface area contributed by atoms with E-state index in [4.69, 9.17) is 4.74 Å². The van der Waals surface area contributed by atoms with E-state index in [2.05, 4.69) is 10.6 Å². The summed E-state index contributed by atoms with van der Waals surface area (Å²) >= 11 is 0. The van der Waals surface area contributed by atoms with E-state index in [1.165, 1.54) is 26.4 Å². The number of carbonyl (C=O) groups is 1. The van der Waals surface area contributed by atoms with Crippen molar-refractivity contribution in [1.82, 2.24) is 10.6 Å². The number of esters is 1. The lowest BCUT2D eigenvalue weighted by molar-refractivity contribution is -0.147. The van der Waals surface area contributed by atoms with Crippen LogP contribution in [0.1, 0.15) is 32.1 Å². The minimum Gasteiger partial charge on any atom is -0.469 e. The summed E-state index contributed by atoms with van der Waals surface area (Å²) in [6.07, 6.45) is 6.03. The molecule has 4 heteroatoms. The number of hydrogen-bond donors (Lipinski definition) is 2. The van der Waals surface area contributed by atoms with Gasteiger partial charge in [0.25, 0.3) is 0 Å². The van der Waals surface area contributed by atoms with Gasteiger partial charge in [-0.3, -0.25) is 4.79 Å². The second-order valence-electron chi connectivity index (χ2n) is 5.25. The minimum absolute atomic E-state index is 0.0382. The smallest absolute Gasteiger partial charge is 0.310 e. The summed E-state index contributed by atoms with van der Waals surface area (Å²) in [5, 5.41) is 6.85. The average molecular weight is 240 g/mol. The molecule has 0 aromatic carbocycles. The maximum atomic E-state index is 11.8. The van der Waals surface area contributed by atoms with Crippen LogP contribution in [0.4, 0.5) is 0 Å². The van der Waals surface area contributed by atoms with Crippen LogP contribution in [0.15, 0.2) is 0 Å². The Kier molecular flexibility index (Phi) is 4.80. The van der Waals surface area contributed by atoms with E-state index in [1.807, 2.05) is 0 Å². The van der Waals surface area contributed by atoms with Crippen molar-refractivity contribution < 1.29 is 9.53 Å². The fourth-order valence-corrected chi connectivity index (χ4v) is 2.75. The Balaban J connectivity index is 1.84. The second-order valence-corrected chi connectivity index (χ2v) is 5.25. The first kappa shape index (κ1) is 12.8. The lowest BCUT2D eigenvalue weighted by Gasteiger charge is -2.32. The Morgan fingerprint density at radius 3 is 2.59 bits per heavy atom. The quantitative estimate of drug-likeness (QED) is 0.702. The van der Waals surface area contributed by atoms with Crippen molar-refractivity contribution >= 4 is 5.97 Å². The van der Waals surface area contributed by atoms with E-state index < -0.39 is 0 Å². The number of rotatable bonds is 5. The Morgan fingerprint density at radius 1 is 1.35 bits per heavy atom. The average Bonchev–Trinajstić information content (AvgIpc) is 2.32. The maximum Gasteiger partial charge on any atom is 0.310 e. The number of ether oxygens (including phenoxy) is 1. The lowest BCUT2D eigenvalue weighted by Crippen LogP contribution is -2.44. The van der Waals surface area contributed by atoms with E-state index in [-0.39, 0.29) is 11.9 Å². The SMILES string of the molecule is COC(=O)C(CNC1CCC1)C1CCNCC1. The molecule has 1 saturated heterocycles. The number of hydrogen-bond acceptors (Lipinski definition) is 4. The molecule has 0 aromatic rings.